The number of amides is 1. The zero-order chi connectivity index (χ0) is 12.3. The lowest BCUT2D eigenvalue weighted by Gasteiger charge is -2.17. The van der Waals surface area contributed by atoms with Crippen molar-refractivity contribution in [2.24, 2.45) is 5.92 Å². The summed E-state index contributed by atoms with van der Waals surface area (Å²) in [6.07, 6.45) is 0. The van der Waals surface area contributed by atoms with Gasteiger partial charge in [0.05, 0.1) is 5.56 Å². The maximum absolute atomic E-state index is 13.4. The Balaban J connectivity index is 2.81. The third-order valence-corrected chi connectivity index (χ3v) is 2.77. The molecular weight excluding hydrogens is 229 g/mol. The Kier molecular flexibility index (Phi) is 4.30. The van der Waals surface area contributed by atoms with Gasteiger partial charge in [0.2, 0.25) is 0 Å². The Morgan fingerprint density at radius 2 is 2.00 bits per heavy atom. The Labute approximate surface area is 99.8 Å². The molecule has 88 valence electrons. The number of carbonyl (C=O) groups excluding carboxylic acids is 1. The lowest BCUT2D eigenvalue weighted by Crippen LogP contribution is -2.36. The van der Waals surface area contributed by atoms with Crippen LogP contribution in [-0.4, -0.2) is 11.9 Å². The summed E-state index contributed by atoms with van der Waals surface area (Å²) in [6, 6.07) is 4.03. The van der Waals surface area contributed by atoms with E-state index >= 15 is 0 Å². The first-order chi connectivity index (χ1) is 7.41. The highest BCUT2D eigenvalue weighted by atomic mass is 35.5. The fraction of sp³-hybridized carbons (Fsp3) is 0.417. The molecule has 4 heteroatoms. The number of nitrogens with one attached hydrogen (secondary N) is 1. The van der Waals surface area contributed by atoms with Crippen molar-refractivity contribution >= 4 is 17.5 Å². The van der Waals surface area contributed by atoms with Gasteiger partial charge in [-0.05, 0) is 31.0 Å². The van der Waals surface area contributed by atoms with E-state index in [0.717, 1.165) is 6.07 Å². The zero-order valence-corrected chi connectivity index (χ0v) is 10.3. The second-order valence-corrected chi connectivity index (χ2v) is 4.57. The smallest absolute Gasteiger partial charge is 0.254 e. The van der Waals surface area contributed by atoms with E-state index in [2.05, 4.69) is 5.32 Å². The summed E-state index contributed by atoms with van der Waals surface area (Å²) in [5.74, 6) is -0.698. The van der Waals surface area contributed by atoms with Crippen LogP contribution in [0, 0.1) is 11.7 Å². The molecule has 0 bridgehead atoms. The van der Waals surface area contributed by atoms with Gasteiger partial charge in [-0.2, -0.15) is 0 Å². The molecule has 0 aliphatic heterocycles. The Bertz CT molecular complexity index is 393. The average molecular weight is 244 g/mol. The van der Waals surface area contributed by atoms with Gasteiger partial charge in [0.1, 0.15) is 5.82 Å². The van der Waals surface area contributed by atoms with Crippen molar-refractivity contribution < 1.29 is 9.18 Å². The molecule has 0 radical (unpaired) electrons. The minimum Gasteiger partial charge on any atom is -0.349 e. The van der Waals surface area contributed by atoms with Gasteiger partial charge in [-0.3, -0.25) is 4.79 Å². The lowest BCUT2D eigenvalue weighted by atomic mass is 10.1. The van der Waals surface area contributed by atoms with E-state index < -0.39 is 11.7 Å². The van der Waals surface area contributed by atoms with E-state index in [9.17, 15) is 9.18 Å². The van der Waals surface area contributed by atoms with Crippen LogP contribution in [0.5, 0.6) is 0 Å². The third kappa shape index (κ3) is 3.20. The van der Waals surface area contributed by atoms with Gasteiger partial charge in [0.25, 0.3) is 5.91 Å². The highest BCUT2D eigenvalue weighted by Crippen LogP contribution is 2.15. The fourth-order valence-corrected chi connectivity index (χ4v) is 1.28. The number of hydrogen-bond acceptors (Lipinski definition) is 1. The SMILES string of the molecule is CC(C)[C@@H](C)NC(=O)c1ccc(Cl)cc1F. The van der Waals surface area contributed by atoms with Crippen molar-refractivity contribution in [1.82, 2.24) is 5.32 Å². The van der Waals surface area contributed by atoms with E-state index in [4.69, 9.17) is 11.6 Å². The normalized spacial score (nSPS) is 12.6. The van der Waals surface area contributed by atoms with Crippen molar-refractivity contribution in [1.29, 1.82) is 0 Å². The van der Waals surface area contributed by atoms with Crippen molar-refractivity contribution in [3.63, 3.8) is 0 Å². The molecule has 1 aromatic rings. The molecule has 0 unspecified atom stereocenters. The summed E-state index contributed by atoms with van der Waals surface area (Å²) in [7, 11) is 0. The Morgan fingerprint density at radius 1 is 1.38 bits per heavy atom. The summed E-state index contributed by atoms with van der Waals surface area (Å²) < 4.78 is 13.4. The summed E-state index contributed by atoms with van der Waals surface area (Å²) >= 11 is 5.61. The molecule has 0 heterocycles. The van der Waals surface area contributed by atoms with Crippen LogP contribution >= 0.6 is 11.6 Å². The maximum atomic E-state index is 13.4. The Morgan fingerprint density at radius 3 is 2.50 bits per heavy atom. The quantitative estimate of drug-likeness (QED) is 0.868. The molecule has 0 aliphatic carbocycles. The van der Waals surface area contributed by atoms with Crippen molar-refractivity contribution in [3.8, 4) is 0 Å². The molecule has 2 nitrogen and oxygen atoms in total. The lowest BCUT2D eigenvalue weighted by molar-refractivity contribution is 0.0926. The number of rotatable bonds is 3. The van der Waals surface area contributed by atoms with E-state index in [-0.39, 0.29) is 16.6 Å². The summed E-state index contributed by atoms with van der Waals surface area (Å²) in [4.78, 5) is 11.7. The van der Waals surface area contributed by atoms with Crippen molar-refractivity contribution in [3.05, 3.63) is 34.6 Å². The molecule has 1 amide bonds. The van der Waals surface area contributed by atoms with Gasteiger partial charge in [0.15, 0.2) is 0 Å². The average Bonchev–Trinajstić information content (AvgIpc) is 2.16. The molecule has 0 saturated carbocycles. The predicted octanol–water partition coefficient (Wildman–Crippen LogP) is 3.25. The molecular formula is C12H15ClFNO. The largest absolute Gasteiger partial charge is 0.349 e. The van der Waals surface area contributed by atoms with E-state index in [1.165, 1.54) is 12.1 Å². The molecule has 16 heavy (non-hydrogen) atoms. The van der Waals surface area contributed by atoms with E-state index in [0.29, 0.717) is 5.92 Å². The number of hydrogen-bond donors (Lipinski definition) is 1. The summed E-state index contributed by atoms with van der Waals surface area (Å²) in [5, 5.41) is 3.02. The van der Waals surface area contributed by atoms with Crippen LogP contribution in [-0.2, 0) is 0 Å². The second kappa shape index (κ2) is 5.30. The zero-order valence-electron chi connectivity index (χ0n) is 9.55. The minimum atomic E-state index is -0.596. The van der Waals surface area contributed by atoms with Crippen molar-refractivity contribution in [2.45, 2.75) is 26.8 Å². The summed E-state index contributed by atoms with van der Waals surface area (Å²) in [5.41, 5.74) is 0.0249. The second-order valence-electron chi connectivity index (χ2n) is 4.13. The number of carbonyl (C=O) groups is 1. The first-order valence-corrected chi connectivity index (χ1v) is 5.55. The fourth-order valence-electron chi connectivity index (χ4n) is 1.12. The molecule has 1 atom stereocenters. The first-order valence-electron chi connectivity index (χ1n) is 5.17. The molecule has 0 aliphatic rings. The molecule has 0 spiro atoms. The molecule has 0 fully saturated rings. The van der Waals surface area contributed by atoms with Gasteiger partial charge in [-0.1, -0.05) is 25.4 Å². The van der Waals surface area contributed by atoms with Crippen LogP contribution in [0.15, 0.2) is 18.2 Å². The van der Waals surface area contributed by atoms with E-state index in [1.807, 2.05) is 20.8 Å². The van der Waals surface area contributed by atoms with Crippen LogP contribution in [0.4, 0.5) is 4.39 Å². The standard InChI is InChI=1S/C12H15ClFNO/c1-7(2)8(3)15-12(16)10-5-4-9(13)6-11(10)14/h4-8H,1-3H3,(H,15,16)/t8-/m1/s1. The van der Waals surface area contributed by atoms with Gasteiger partial charge in [-0.25, -0.2) is 4.39 Å². The maximum Gasteiger partial charge on any atom is 0.254 e. The van der Waals surface area contributed by atoms with E-state index in [1.54, 1.807) is 0 Å². The summed E-state index contributed by atoms with van der Waals surface area (Å²) in [6.45, 7) is 5.86. The van der Waals surface area contributed by atoms with Gasteiger partial charge < -0.3 is 5.32 Å². The predicted molar refractivity (Wildman–Crippen MR) is 63.2 cm³/mol. The highest BCUT2D eigenvalue weighted by Gasteiger charge is 2.15. The van der Waals surface area contributed by atoms with Crippen molar-refractivity contribution in [2.75, 3.05) is 0 Å². The van der Waals surface area contributed by atoms with Crippen LogP contribution < -0.4 is 5.32 Å². The van der Waals surface area contributed by atoms with Gasteiger partial charge in [0, 0.05) is 11.1 Å². The first kappa shape index (κ1) is 13.0. The molecule has 1 N–H and O–H groups in total. The monoisotopic (exact) mass is 243 g/mol. The molecule has 0 saturated heterocycles. The molecule has 0 aromatic heterocycles. The third-order valence-electron chi connectivity index (χ3n) is 2.53. The molecule has 1 rings (SSSR count). The number of halogens is 2. The highest BCUT2D eigenvalue weighted by molar-refractivity contribution is 6.30. The van der Waals surface area contributed by atoms with Crippen LogP contribution in [0.1, 0.15) is 31.1 Å². The Hall–Kier alpha value is -1.09. The minimum absolute atomic E-state index is 0.00239. The van der Waals surface area contributed by atoms with Gasteiger partial charge >= 0.3 is 0 Å². The molecule has 1 aromatic carbocycles. The number of benzene rings is 1. The van der Waals surface area contributed by atoms with Gasteiger partial charge in [-0.15, -0.1) is 0 Å². The topological polar surface area (TPSA) is 29.1 Å². The van der Waals surface area contributed by atoms with Crippen LogP contribution in [0.3, 0.4) is 0 Å². The van der Waals surface area contributed by atoms with Crippen LogP contribution in [0.2, 0.25) is 5.02 Å². The van der Waals surface area contributed by atoms with Crippen LogP contribution in [0.25, 0.3) is 0 Å².